The summed E-state index contributed by atoms with van der Waals surface area (Å²) in [6, 6.07) is 8.76. The van der Waals surface area contributed by atoms with E-state index in [2.05, 4.69) is 9.97 Å². The Hall–Kier alpha value is -3.21. The summed E-state index contributed by atoms with van der Waals surface area (Å²) in [6.07, 6.45) is 10.3. The molecule has 0 unspecified atom stereocenters. The Labute approximate surface area is 138 Å². The van der Waals surface area contributed by atoms with Crippen LogP contribution < -0.4 is 0 Å². The molecule has 0 saturated heterocycles. The molecule has 5 heteroatoms. The van der Waals surface area contributed by atoms with E-state index in [-0.39, 0.29) is 11.5 Å². The number of carbonyl (C=O) groups excluding carboxylic acids is 1. The lowest BCUT2D eigenvalue weighted by molar-refractivity contribution is 0.102. The Morgan fingerprint density at radius 1 is 1.17 bits per heavy atom. The topological polar surface area (TPSA) is 68.0 Å². The van der Waals surface area contributed by atoms with Gasteiger partial charge >= 0.3 is 0 Å². The van der Waals surface area contributed by atoms with Gasteiger partial charge in [-0.15, -0.1) is 0 Å². The Balaban J connectivity index is 1.62. The van der Waals surface area contributed by atoms with Crippen molar-refractivity contribution in [3.8, 4) is 11.6 Å². The van der Waals surface area contributed by atoms with Gasteiger partial charge < -0.3 is 5.11 Å². The van der Waals surface area contributed by atoms with E-state index in [0.29, 0.717) is 12.0 Å². The standard InChI is InChI=1S/C19H15N3O2/c23-16-4-5-17-14(10-16)2-3-15(19(17)24)9-13-1-6-18(21-11-13)22-8-7-20-12-22/h1,4-12,23H,2-3H2/b15-9+. The third kappa shape index (κ3) is 2.60. The van der Waals surface area contributed by atoms with Crippen molar-refractivity contribution in [2.45, 2.75) is 12.8 Å². The van der Waals surface area contributed by atoms with Gasteiger partial charge in [0.05, 0.1) is 0 Å². The highest BCUT2D eigenvalue weighted by Gasteiger charge is 2.22. The number of phenolic OH excluding ortho intramolecular Hbond substituents is 1. The summed E-state index contributed by atoms with van der Waals surface area (Å²) < 4.78 is 1.82. The number of Topliss-reactive ketones (excluding diaryl/α,β-unsaturated/α-hetero) is 1. The molecule has 0 spiro atoms. The minimum absolute atomic E-state index is 0.0231. The predicted molar refractivity (Wildman–Crippen MR) is 90.1 cm³/mol. The second-order valence-electron chi connectivity index (χ2n) is 5.76. The fourth-order valence-corrected chi connectivity index (χ4v) is 2.93. The molecule has 118 valence electrons. The largest absolute Gasteiger partial charge is 0.508 e. The number of allylic oxidation sites excluding steroid dienone is 1. The van der Waals surface area contributed by atoms with Gasteiger partial charge in [0.2, 0.25) is 0 Å². The first kappa shape index (κ1) is 14.4. The maximum absolute atomic E-state index is 12.6. The zero-order chi connectivity index (χ0) is 16.5. The quantitative estimate of drug-likeness (QED) is 0.737. The zero-order valence-corrected chi connectivity index (χ0v) is 12.9. The lowest BCUT2D eigenvalue weighted by Gasteiger charge is -2.17. The maximum Gasteiger partial charge on any atom is 0.189 e. The van der Waals surface area contributed by atoms with Gasteiger partial charge in [0.15, 0.2) is 5.78 Å². The van der Waals surface area contributed by atoms with E-state index in [1.807, 2.05) is 29.0 Å². The van der Waals surface area contributed by atoms with E-state index in [1.165, 1.54) is 0 Å². The molecule has 0 fully saturated rings. The van der Waals surface area contributed by atoms with Crippen LogP contribution >= 0.6 is 0 Å². The number of imidazole rings is 1. The molecular weight excluding hydrogens is 302 g/mol. The normalized spacial score (nSPS) is 15.5. The molecule has 1 aromatic carbocycles. The molecule has 1 N–H and O–H groups in total. The molecule has 5 nitrogen and oxygen atoms in total. The number of carbonyl (C=O) groups is 1. The number of aromatic hydroxyl groups is 1. The Kier molecular flexibility index (Phi) is 3.46. The third-order valence-electron chi connectivity index (χ3n) is 4.17. The molecule has 24 heavy (non-hydrogen) atoms. The van der Waals surface area contributed by atoms with Crippen molar-refractivity contribution in [1.29, 1.82) is 0 Å². The highest BCUT2D eigenvalue weighted by molar-refractivity contribution is 6.13. The van der Waals surface area contributed by atoms with Gasteiger partial charge in [0.25, 0.3) is 0 Å². The summed E-state index contributed by atoms with van der Waals surface area (Å²) in [5.74, 6) is 1.01. The van der Waals surface area contributed by atoms with Crippen molar-refractivity contribution in [2.24, 2.45) is 0 Å². The maximum atomic E-state index is 12.6. The number of aryl methyl sites for hydroxylation is 1. The number of fused-ring (bicyclic) bond motifs is 1. The first-order chi connectivity index (χ1) is 11.7. The molecule has 0 aliphatic heterocycles. The molecule has 0 bridgehead atoms. The van der Waals surface area contributed by atoms with Crippen LogP contribution in [0.4, 0.5) is 0 Å². The third-order valence-corrected chi connectivity index (χ3v) is 4.17. The number of hydrogen-bond acceptors (Lipinski definition) is 4. The lowest BCUT2D eigenvalue weighted by atomic mass is 9.86. The van der Waals surface area contributed by atoms with Crippen molar-refractivity contribution in [1.82, 2.24) is 14.5 Å². The second-order valence-corrected chi connectivity index (χ2v) is 5.76. The number of pyridine rings is 1. The van der Waals surface area contributed by atoms with Crippen molar-refractivity contribution in [3.63, 3.8) is 0 Å². The van der Waals surface area contributed by atoms with Crippen LogP contribution in [0, 0.1) is 0 Å². The highest BCUT2D eigenvalue weighted by atomic mass is 16.3. The Morgan fingerprint density at radius 3 is 2.83 bits per heavy atom. The first-order valence-electron chi connectivity index (χ1n) is 7.72. The van der Waals surface area contributed by atoms with Crippen LogP contribution in [0.5, 0.6) is 5.75 Å². The number of benzene rings is 1. The molecule has 0 saturated carbocycles. The minimum atomic E-state index is 0.0231. The van der Waals surface area contributed by atoms with Crippen LogP contribution in [0.3, 0.4) is 0 Å². The van der Waals surface area contributed by atoms with E-state index in [0.717, 1.165) is 28.9 Å². The minimum Gasteiger partial charge on any atom is -0.508 e. The molecular formula is C19H15N3O2. The van der Waals surface area contributed by atoms with Crippen LogP contribution in [0.2, 0.25) is 0 Å². The van der Waals surface area contributed by atoms with Crippen molar-refractivity contribution in [3.05, 3.63) is 77.5 Å². The van der Waals surface area contributed by atoms with Crippen LogP contribution in [0.25, 0.3) is 11.9 Å². The van der Waals surface area contributed by atoms with E-state index in [4.69, 9.17) is 0 Å². The van der Waals surface area contributed by atoms with Gasteiger partial charge in [-0.05, 0) is 60.4 Å². The van der Waals surface area contributed by atoms with E-state index in [9.17, 15) is 9.90 Å². The van der Waals surface area contributed by atoms with Gasteiger partial charge in [-0.1, -0.05) is 0 Å². The fraction of sp³-hybridized carbons (Fsp3) is 0.105. The first-order valence-corrected chi connectivity index (χ1v) is 7.72. The fourth-order valence-electron chi connectivity index (χ4n) is 2.93. The lowest BCUT2D eigenvalue weighted by Crippen LogP contribution is -2.13. The highest BCUT2D eigenvalue weighted by Crippen LogP contribution is 2.29. The molecule has 0 radical (unpaired) electrons. The van der Waals surface area contributed by atoms with Crippen molar-refractivity contribution >= 4 is 11.9 Å². The molecule has 2 aromatic heterocycles. The molecule has 1 aliphatic carbocycles. The summed E-state index contributed by atoms with van der Waals surface area (Å²) in [5, 5.41) is 9.54. The van der Waals surface area contributed by atoms with Crippen LogP contribution in [0.1, 0.15) is 27.9 Å². The van der Waals surface area contributed by atoms with Gasteiger partial charge in [0.1, 0.15) is 17.9 Å². The van der Waals surface area contributed by atoms with Crippen LogP contribution in [-0.2, 0) is 6.42 Å². The van der Waals surface area contributed by atoms with E-state index >= 15 is 0 Å². The number of phenols is 1. The van der Waals surface area contributed by atoms with Crippen LogP contribution in [-0.4, -0.2) is 25.4 Å². The second kappa shape index (κ2) is 5.77. The summed E-state index contributed by atoms with van der Waals surface area (Å²) >= 11 is 0. The predicted octanol–water partition coefficient (Wildman–Crippen LogP) is 3.19. The molecule has 0 amide bonds. The number of ketones is 1. The summed E-state index contributed by atoms with van der Waals surface area (Å²) in [6.45, 7) is 0. The number of rotatable bonds is 2. The summed E-state index contributed by atoms with van der Waals surface area (Å²) in [4.78, 5) is 21.0. The number of hydrogen-bond donors (Lipinski definition) is 1. The van der Waals surface area contributed by atoms with Gasteiger partial charge in [0, 0.05) is 29.7 Å². The average molecular weight is 317 g/mol. The SMILES string of the molecule is O=C1/C(=C/c2ccc(-n3ccnc3)nc2)CCc2cc(O)ccc21. The van der Waals surface area contributed by atoms with E-state index < -0.39 is 0 Å². The molecule has 4 rings (SSSR count). The van der Waals surface area contributed by atoms with Crippen LogP contribution in [0.15, 0.2) is 60.8 Å². The smallest absolute Gasteiger partial charge is 0.189 e. The molecule has 1 aliphatic rings. The monoisotopic (exact) mass is 317 g/mol. The molecule has 0 atom stereocenters. The summed E-state index contributed by atoms with van der Waals surface area (Å²) in [5.41, 5.74) is 3.24. The Morgan fingerprint density at radius 2 is 2.08 bits per heavy atom. The summed E-state index contributed by atoms with van der Waals surface area (Å²) in [7, 11) is 0. The van der Waals surface area contributed by atoms with Gasteiger partial charge in [-0.3, -0.25) is 9.36 Å². The Bertz CT molecular complexity index is 926. The molecule has 2 heterocycles. The van der Waals surface area contributed by atoms with Crippen molar-refractivity contribution in [2.75, 3.05) is 0 Å². The zero-order valence-electron chi connectivity index (χ0n) is 12.9. The molecule has 3 aromatic rings. The number of nitrogens with zero attached hydrogens (tertiary/aromatic N) is 3. The van der Waals surface area contributed by atoms with E-state index in [1.54, 1.807) is 36.9 Å². The van der Waals surface area contributed by atoms with Gasteiger partial charge in [-0.25, -0.2) is 9.97 Å². The van der Waals surface area contributed by atoms with Gasteiger partial charge in [-0.2, -0.15) is 0 Å². The van der Waals surface area contributed by atoms with Crippen molar-refractivity contribution < 1.29 is 9.90 Å². The number of aromatic nitrogens is 3. The average Bonchev–Trinajstić information content (AvgIpc) is 3.12.